The van der Waals surface area contributed by atoms with Crippen LogP contribution < -0.4 is 0 Å². The summed E-state index contributed by atoms with van der Waals surface area (Å²) >= 11 is 0. The molecule has 0 radical (unpaired) electrons. The van der Waals surface area contributed by atoms with Crippen LogP contribution in [-0.4, -0.2) is 11.3 Å². The van der Waals surface area contributed by atoms with E-state index in [1.54, 1.807) is 6.08 Å². The first-order chi connectivity index (χ1) is 9.25. The molecule has 0 aliphatic rings. The maximum Gasteiger partial charge on any atom is 0.506 e. The third-order valence-electron chi connectivity index (χ3n) is 2.62. The minimum Gasteiger partial charge on any atom is -0.450 e. The fourth-order valence-electron chi connectivity index (χ4n) is 1.73. The van der Waals surface area contributed by atoms with Gasteiger partial charge in [-0.1, -0.05) is 66.7 Å². The second kappa shape index (κ2) is 6.40. The molecule has 0 amide bonds. The molecule has 0 bridgehead atoms. The molecule has 1 unspecified atom stereocenters. The lowest BCUT2D eigenvalue weighted by Gasteiger charge is -2.12. The first-order valence-electron chi connectivity index (χ1n) is 5.93. The number of ether oxygens (including phenoxy) is 1. The van der Waals surface area contributed by atoms with Crippen LogP contribution in [0.2, 0.25) is 0 Å². The molecular weight excluding hydrogens is 240 g/mol. The van der Waals surface area contributed by atoms with Crippen LogP contribution >= 0.6 is 0 Å². The van der Waals surface area contributed by atoms with E-state index in [9.17, 15) is 4.79 Å². The zero-order valence-electron chi connectivity index (χ0n) is 10.3. The van der Waals surface area contributed by atoms with Gasteiger partial charge < -0.3 is 9.84 Å². The van der Waals surface area contributed by atoms with Crippen molar-refractivity contribution >= 4 is 12.2 Å². The van der Waals surface area contributed by atoms with E-state index in [0.717, 1.165) is 11.1 Å². The third-order valence-corrected chi connectivity index (χ3v) is 2.62. The molecule has 0 aliphatic carbocycles. The standard InChI is InChI=1S/C16H14O3/c17-16(18)19-15(14-9-5-2-6-10-14)12-11-13-7-3-1-4-8-13/h1-12,15H,(H,17,18). The van der Waals surface area contributed by atoms with Gasteiger partial charge in [-0.2, -0.15) is 0 Å². The Bertz CT molecular complexity index is 547. The zero-order chi connectivity index (χ0) is 13.5. The van der Waals surface area contributed by atoms with Crippen LogP contribution in [0.15, 0.2) is 66.7 Å². The number of benzene rings is 2. The Morgan fingerprint density at radius 2 is 1.58 bits per heavy atom. The molecule has 2 aromatic carbocycles. The Morgan fingerprint density at radius 3 is 2.16 bits per heavy atom. The molecule has 0 aromatic heterocycles. The Hall–Kier alpha value is -2.55. The normalized spacial score (nSPS) is 12.2. The summed E-state index contributed by atoms with van der Waals surface area (Å²) in [5.41, 5.74) is 1.80. The second-order valence-electron chi connectivity index (χ2n) is 3.98. The molecule has 3 nitrogen and oxygen atoms in total. The van der Waals surface area contributed by atoms with Gasteiger partial charge in [-0.25, -0.2) is 4.79 Å². The molecule has 3 heteroatoms. The van der Waals surface area contributed by atoms with Gasteiger partial charge in [-0.05, 0) is 17.2 Å². The highest BCUT2D eigenvalue weighted by Crippen LogP contribution is 2.20. The first kappa shape index (κ1) is 12.9. The minimum absolute atomic E-state index is 0.598. The molecular formula is C16H14O3. The van der Waals surface area contributed by atoms with Crippen molar-refractivity contribution in [1.82, 2.24) is 0 Å². The van der Waals surface area contributed by atoms with E-state index in [1.165, 1.54) is 0 Å². The van der Waals surface area contributed by atoms with Crippen LogP contribution in [0.25, 0.3) is 6.08 Å². The van der Waals surface area contributed by atoms with E-state index in [0.29, 0.717) is 0 Å². The summed E-state index contributed by atoms with van der Waals surface area (Å²) in [6.45, 7) is 0. The highest BCUT2D eigenvalue weighted by atomic mass is 16.7. The number of hydrogen-bond acceptors (Lipinski definition) is 2. The van der Waals surface area contributed by atoms with Crippen LogP contribution in [0.4, 0.5) is 4.79 Å². The van der Waals surface area contributed by atoms with Crippen LogP contribution in [0.5, 0.6) is 0 Å². The highest BCUT2D eigenvalue weighted by Gasteiger charge is 2.12. The van der Waals surface area contributed by atoms with Crippen LogP contribution in [0, 0.1) is 0 Å². The van der Waals surface area contributed by atoms with Gasteiger partial charge in [0, 0.05) is 0 Å². The molecule has 96 valence electrons. The largest absolute Gasteiger partial charge is 0.506 e. The van der Waals surface area contributed by atoms with Gasteiger partial charge in [0.05, 0.1) is 0 Å². The Kier molecular flexibility index (Phi) is 4.34. The molecule has 0 aliphatic heterocycles. The number of carboxylic acid groups (broad SMARTS) is 1. The summed E-state index contributed by atoms with van der Waals surface area (Å²) in [7, 11) is 0. The first-order valence-corrected chi connectivity index (χ1v) is 5.93. The maximum absolute atomic E-state index is 10.7. The van der Waals surface area contributed by atoms with Crippen molar-refractivity contribution in [1.29, 1.82) is 0 Å². The molecule has 0 saturated carbocycles. The van der Waals surface area contributed by atoms with Crippen LogP contribution in [-0.2, 0) is 4.74 Å². The predicted molar refractivity (Wildman–Crippen MR) is 73.8 cm³/mol. The van der Waals surface area contributed by atoms with Gasteiger partial charge in [-0.3, -0.25) is 0 Å². The van der Waals surface area contributed by atoms with Crippen LogP contribution in [0.3, 0.4) is 0 Å². The average molecular weight is 254 g/mol. The Labute approximate surface area is 111 Å². The van der Waals surface area contributed by atoms with Gasteiger partial charge in [0.15, 0.2) is 0 Å². The van der Waals surface area contributed by atoms with Crippen molar-refractivity contribution in [3.05, 3.63) is 77.9 Å². The van der Waals surface area contributed by atoms with E-state index in [4.69, 9.17) is 9.84 Å². The fourth-order valence-corrected chi connectivity index (χ4v) is 1.73. The monoisotopic (exact) mass is 254 g/mol. The molecule has 1 N–H and O–H groups in total. The molecule has 2 aromatic rings. The van der Waals surface area contributed by atoms with Crippen molar-refractivity contribution in [3.63, 3.8) is 0 Å². The number of carbonyl (C=O) groups is 1. The van der Waals surface area contributed by atoms with E-state index >= 15 is 0 Å². The van der Waals surface area contributed by atoms with Gasteiger partial charge in [-0.15, -0.1) is 0 Å². The molecule has 2 rings (SSSR count). The summed E-state index contributed by atoms with van der Waals surface area (Å²) < 4.78 is 4.89. The molecule has 0 spiro atoms. The quantitative estimate of drug-likeness (QED) is 0.834. The van der Waals surface area contributed by atoms with Gasteiger partial charge in [0.2, 0.25) is 0 Å². The summed E-state index contributed by atoms with van der Waals surface area (Å²) in [6, 6.07) is 18.9. The summed E-state index contributed by atoms with van der Waals surface area (Å²) in [5.74, 6) is 0. The van der Waals surface area contributed by atoms with Crippen molar-refractivity contribution < 1.29 is 14.6 Å². The SMILES string of the molecule is O=C(O)OC(C=Cc1ccccc1)c1ccccc1. The van der Waals surface area contributed by atoms with E-state index in [-0.39, 0.29) is 0 Å². The number of rotatable bonds is 4. The lowest BCUT2D eigenvalue weighted by molar-refractivity contribution is 0.0692. The molecule has 0 saturated heterocycles. The molecule has 19 heavy (non-hydrogen) atoms. The Morgan fingerprint density at radius 1 is 1.00 bits per heavy atom. The second-order valence-corrected chi connectivity index (χ2v) is 3.98. The lowest BCUT2D eigenvalue weighted by atomic mass is 10.1. The number of hydrogen-bond donors (Lipinski definition) is 1. The molecule has 1 atom stereocenters. The van der Waals surface area contributed by atoms with Gasteiger partial charge in [0.25, 0.3) is 0 Å². The van der Waals surface area contributed by atoms with Crippen molar-refractivity contribution in [2.45, 2.75) is 6.10 Å². The third kappa shape index (κ3) is 4.00. The van der Waals surface area contributed by atoms with Crippen molar-refractivity contribution in [2.75, 3.05) is 0 Å². The van der Waals surface area contributed by atoms with Gasteiger partial charge in [0.1, 0.15) is 6.10 Å². The summed E-state index contributed by atoms with van der Waals surface area (Å²) in [4.78, 5) is 10.7. The summed E-state index contributed by atoms with van der Waals surface area (Å²) in [6.07, 6.45) is 1.70. The summed E-state index contributed by atoms with van der Waals surface area (Å²) in [5, 5.41) is 8.79. The smallest absolute Gasteiger partial charge is 0.450 e. The predicted octanol–water partition coefficient (Wildman–Crippen LogP) is 4.14. The van der Waals surface area contributed by atoms with E-state index < -0.39 is 12.3 Å². The van der Waals surface area contributed by atoms with Crippen molar-refractivity contribution in [2.24, 2.45) is 0 Å². The van der Waals surface area contributed by atoms with Crippen molar-refractivity contribution in [3.8, 4) is 0 Å². The topological polar surface area (TPSA) is 46.5 Å². The van der Waals surface area contributed by atoms with Crippen LogP contribution in [0.1, 0.15) is 17.2 Å². The Balaban J connectivity index is 2.19. The van der Waals surface area contributed by atoms with Gasteiger partial charge >= 0.3 is 6.16 Å². The zero-order valence-corrected chi connectivity index (χ0v) is 10.3. The lowest BCUT2D eigenvalue weighted by Crippen LogP contribution is -2.06. The average Bonchev–Trinajstić information content (AvgIpc) is 2.45. The van der Waals surface area contributed by atoms with E-state index in [1.807, 2.05) is 66.7 Å². The minimum atomic E-state index is -1.29. The molecule has 0 fully saturated rings. The highest BCUT2D eigenvalue weighted by molar-refractivity contribution is 5.58. The maximum atomic E-state index is 10.7. The fraction of sp³-hybridized carbons (Fsp3) is 0.0625. The molecule has 0 heterocycles. The van der Waals surface area contributed by atoms with E-state index in [2.05, 4.69) is 0 Å².